The van der Waals surface area contributed by atoms with Crippen molar-refractivity contribution < 1.29 is 14.3 Å². The third-order valence-corrected chi connectivity index (χ3v) is 4.72. The average molecular weight is 381 g/mol. The molecule has 0 spiro atoms. The Hall–Kier alpha value is -2.86. The number of hydrogen-bond acceptors (Lipinski definition) is 4. The first kappa shape index (κ1) is 19.9. The Kier molecular flexibility index (Phi) is 7.44. The van der Waals surface area contributed by atoms with Crippen LogP contribution in [0.25, 0.3) is 0 Å². The fourth-order valence-electron chi connectivity index (χ4n) is 3.17. The second kappa shape index (κ2) is 10.5. The lowest BCUT2D eigenvalue weighted by Gasteiger charge is -2.17. The van der Waals surface area contributed by atoms with E-state index in [9.17, 15) is 9.59 Å². The van der Waals surface area contributed by atoms with Crippen molar-refractivity contribution in [2.75, 3.05) is 32.8 Å². The number of likely N-dealkylation sites (tertiary alicyclic amines) is 1. The van der Waals surface area contributed by atoms with Crippen LogP contribution in [0.3, 0.4) is 0 Å². The molecule has 2 aromatic carbocycles. The quantitative estimate of drug-likeness (QED) is 0.654. The summed E-state index contributed by atoms with van der Waals surface area (Å²) in [5.41, 5.74) is 1.65. The van der Waals surface area contributed by atoms with Gasteiger partial charge in [-0.05, 0) is 31.0 Å². The van der Waals surface area contributed by atoms with Crippen molar-refractivity contribution in [3.05, 3.63) is 65.7 Å². The van der Waals surface area contributed by atoms with Gasteiger partial charge in [0.1, 0.15) is 5.75 Å². The Morgan fingerprint density at radius 1 is 0.929 bits per heavy atom. The van der Waals surface area contributed by atoms with Crippen LogP contribution in [0, 0.1) is 0 Å². The molecule has 0 bridgehead atoms. The summed E-state index contributed by atoms with van der Waals surface area (Å²) in [7, 11) is 0. The van der Waals surface area contributed by atoms with Crippen molar-refractivity contribution in [3.63, 3.8) is 0 Å². The van der Waals surface area contributed by atoms with Crippen molar-refractivity contribution in [1.82, 2.24) is 15.5 Å². The Morgan fingerprint density at radius 2 is 1.64 bits per heavy atom. The lowest BCUT2D eigenvalue weighted by Crippen LogP contribution is -2.32. The van der Waals surface area contributed by atoms with Gasteiger partial charge in [-0.2, -0.15) is 0 Å². The van der Waals surface area contributed by atoms with Crippen molar-refractivity contribution in [2.45, 2.75) is 19.4 Å². The molecule has 1 heterocycles. The van der Waals surface area contributed by atoms with Gasteiger partial charge in [-0.3, -0.25) is 9.59 Å². The number of nitrogens with zero attached hydrogens (tertiary/aromatic N) is 1. The molecule has 0 unspecified atom stereocenters. The third-order valence-electron chi connectivity index (χ3n) is 4.72. The van der Waals surface area contributed by atoms with E-state index in [2.05, 4.69) is 10.6 Å². The highest BCUT2D eigenvalue weighted by atomic mass is 16.5. The molecule has 148 valence electrons. The monoisotopic (exact) mass is 381 g/mol. The van der Waals surface area contributed by atoms with Crippen LogP contribution in [0.1, 0.15) is 28.8 Å². The molecular formula is C22H27N3O3. The summed E-state index contributed by atoms with van der Waals surface area (Å²) in [5.74, 6) is 0.686. The van der Waals surface area contributed by atoms with Crippen LogP contribution in [0.4, 0.5) is 0 Å². The zero-order valence-electron chi connectivity index (χ0n) is 16.0. The third kappa shape index (κ3) is 5.82. The summed E-state index contributed by atoms with van der Waals surface area (Å²) in [5, 5.41) is 6.19. The number of nitrogens with one attached hydrogen (secondary N) is 2. The minimum absolute atomic E-state index is 0.0453. The van der Waals surface area contributed by atoms with Gasteiger partial charge in [0.25, 0.3) is 11.8 Å². The topological polar surface area (TPSA) is 70.7 Å². The van der Waals surface area contributed by atoms with Gasteiger partial charge in [0.2, 0.25) is 0 Å². The van der Waals surface area contributed by atoms with E-state index in [0.717, 1.165) is 37.2 Å². The van der Waals surface area contributed by atoms with Crippen LogP contribution in [-0.4, -0.2) is 49.5 Å². The molecule has 0 radical (unpaired) electrons. The van der Waals surface area contributed by atoms with E-state index in [1.54, 1.807) is 12.1 Å². The highest BCUT2D eigenvalue weighted by Crippen LogP contribution is 2.18. The van der Waals surface area contributed by atoms with Crippen molar-refractivity contribution in [3.8, 4) is 5.75 Å². The SMILES string of the molecule is O=C(NCCNCc1ccccc1OCC(=O)N1CCCC1)c1ccccc1. The van der Waals surface area contributed by atoms with E-state index in [4.69, 9.17) is 4.74 Å². The van der Waals surface area contributed by atoms with Crippen LogP contribution in [-0.2, 0) is 11.3 Å². The fraction of sp³-hybridized carbons (Fsp3) is 0.364. The normalized spacial score (nSPS) is 13.4. The number of amides is 2. The van der Waals surface area contributed by atoms with Gasteiger partial charge in [0.05, 0.1) is 0 Å². The van der Waals surface area contributed by atoms with Gasteiger partial charge in [-0.15, -0.1) is 0 Å². The number of ether oxygens (including phenoxy) is 1. The molecule has 1 saturated heterocycles. The highest BCUT2D eigenvalue weighted by Gasteiger charge is 2.18. The summed E-state index contributed by atoms with van der Waals surface area (Å²) in [6.45, 7) is 3.52. The zero-order chi connectivity index (χ0) is 19.6. The first-order chi connectivity index (χ1) is 13.7. The van der Waals surface area contributed by atoms with Crippen molar-refractivity contribution in [2.24, 2.45) is 0 Å². The maximum absolute atomic E-state index is 12.2. The first-order valence-electron chi connectivity index (χ1n) is 9.76. The van der Waals surface area contributed by atoms with Gasteiger partial charge in [-0.25, -0.2) is 0 Å². The molecule has 0 saturated carbocycles. The summed E-state index contributed by atoms with van der Waals surface area (Å²) in [6.07, 6.45) is 2.15. The second-order valence-corrected chi connectivity index (χ2v) is 6.78. The summed E-state index contributed by atoms with van der Waals surface area (Å²) in [4.78, 5) is 26.0. The maximum Gasteiger partial charge on any atom is 0.260 e. The smallest absolute Gasteiger partial charge is 0.260 e. The molecule has 1 aliphatic rings. The summed E-state index contributed by atoms with van der Waals surface area (Å²) < 4.78 is 5.76. The van der Waals surface area contributed by atoms with Gasteiger partial charge < -0.3 is 20.3 Å². The van der Waals surface area contributed by atoms with Crippen LogP contribution >= 0.6 is 0 Å². The molecule has 1 aliphatic heterocycles. The molecular weight excluding hydrogens is 354 g/mol. The fourth-order valence-corrected chi connectivity index (χ4v) is 3.17. The average Bonchev–Trinajstić information content (AvgIpc) is 3.28. The number of benzene rings is 2. The van der Waals surface area contributed by atoms with E-state index in [1.165, 1.54) is 0 Å². The van der Waals surface area contributed by atoms with Gasteiger partial charge in [0.15, 0.2) is 6.61 Å². The predicted octanol–water partition coefficient (Wildman–Crippen LogP) is 2.21. The number of carbonyl (C=O) groups is 2. The lowest BCUT2D eigenvalue weighted by molar-refractivity contribution is -0.132. The summed E-state index contributed by atoms with van der Waals surface area (Å²) >= 11 is 0. The molecule has 2 N–H and O–H groups in total. The molecule has 3 rings (SSSR count). The molecule has 0 aromatic heterocycles. The van der Waals surface area contributed by atoms with Gasteiger partial charge in [0, 0.05) is 43.9 Å². The minimum atomic E-state index is -0.0773. The van der Waals surface area contributed by atoms with E-state index < -0.39 is 0 Å². The van der Waals surface area contributed by atoms with Crippen LogP contribution in [0.5, 0.6) is 5.75 Å². The van der Waals surface area contributed by atoms with E-state index >= 15 is 0 Å². The zero-order valence-corrected chi connectivity index (χ0v) is 16.0. The number of para-hydroxylation sites is 1. The number of carbonyl (C=O) groups excluding carboxylic acids is 2. The molecule has 1 fully saturated rings. The number of hydrogen-bond donors (Lipinski definition) is 2. The molecule has 28 heavy (non-hydrogen) atoms. The van der Waals surface area contributed by atoms with Gasteiger partial charge in [-0.1, -0.05) is 36.4 Å². The number of rotatable bonds is 9. The second-order valence-electron chi connectivity index (χ2n) is 6.78. The van der Waals surface area contributed by atoms with Crippen LogP contribution in [0.2, 0.25) is 0 Å². The molecule has 0 atom stereocenters. The summed E-state index contributed by atoms with van der Waals surface area (Å²) in [6, 6.07) is 16.9. The maximum atomic E-state index is 12.2. The Labute approximate surface area is 165 Å². The highest BCUT2D eigenvalue weighted by molar-refractivity contribution is 5.94. The molecule has 2 aromatic rings. The molecule has 6 heteroatoms. The molecule has 0 aliphatic carbocycles. The minimum Gasteiger partial charge on any atom is -0.483 e. The Morgan fingerprint density at radius 3 is 2.43 bits per heavy atom. The van der Waals surface area contributed by atoms with E-state index in [-0.39, 0.29) is 18.4 Å². The van der Waals surface area contributed by atoms with Crippen molar-refractivity contribution >= 4 is 11.8 Å². The first-order valence-corrected chi connectivity index (χ1v) is 9.76. The lowest BCUT2D eigenvalue weighted by atomic mass is 10.2. The predicted molar refractivity (Wildman–Crippen MR) is 108 cm³/mol. The van der Waals surface area contributed by atoms with Crippen LogP contribution in [0.15, 0.2) is 54.6 Å². The Bertz CT molecular complexity index is 774. The van der Waals surface area contributed by atoms with E-state index in [1.807, 2.05) is 47.4 Å². The molecule has 6 nitrogen and oxygen atoms in total. The largest absolute Gasteiger partial charge is 0.483 e. The van der Waals surface area contributed by atoms with Crippen molar-refractivity contribution in [1.29, 1.82) is 0 Å². The van der Waals surface area contributed by atoms with Gasteiger partial charge >= 0.3 is 0 Å². The standard InChI is InChI=1S/C22H27N3O3/c26-21(25-14-6-7-15-25)17-28-20-11-5-4-10-19(20)16-23-12-13-24-22(27)18-8-2-1-3-9-18/h1-5,8-11,23H,6-7,12-17H2,(H,24,27). The Balaban J connectivity index is 1.39. The van der Waals surface area contributed by atoms with Crippen LogP contribution < -0.4 is 15.4 Å². The van der Waals surface area contributed by atoms with E-state index in [0.29, 0.717) is 25.2 Å². The molecule has 2 amide bonds.